The van der Waals surface area contributed by atoms with E-state index in [0.717, 1.165) is 39.0 Å². The zero-order valence-corrected chi connectivity index (χ0v) is 5.99. The van der Waals surface area contributed by atoms with Gasteiger partial charge in [0.15, 0.2) is 0 Å². The van der Waals surface area contributed by atoms with Crippen LogP contribution in [0.5, 0.6) is 0 Å². The molecule has 0 N–H and O–H groups in total. The van der Waals surface area contributed by atoms with Gasteiger partial charge in [0.05, 0.1) is 6.04 Å². The highest BCUT2D eigenvalue weighted by molar-refractivity contribution is 5.58. The van der Waals surface area contributed by atoms with Crippen molar-refractivity contribution in [1.29, 1.82) is 0 Å². The van der Waals surface area contributed by atoms with Gasteiger partial charge in [0.1, 0.15) is 6.29 Å². The Labute approximate surface area is 60.6 Å². The van der Waals surface area contributed by atoms with Crippen LogP contribution in [0.25, 0.3) is 0 Å². The summed E-state index contributed by atoms with van der Waals surface area (Å²) in [6, 6.07) is 0.197. The summed E-state index contributed by atoms with van der Waals surface area (Å²) in [5.41, 5.74) is 0. The molecule has 3 saturated heterocycles. The van der Waals surface area contributed by atoms with Crippen LogP contribution < -0.4 is 0 Å². The summed E-state index contributed by atoms with van der Waals surface area (Å²) in [4.78, 5) is 15.1. The maximum Gasteiger partial charge on any atom is 0.138 e. The van der Waals surface area contributed by atoms with Crippen molar-refractivity contribution in [2.75, 3.05) is 32.7 Å². The molecule has 56 valence electrons. The van der Waals surface area contributed by atoms with Gasteiger partial charge in [0.25, 0.3) is 0 Å². The number of hydrogen-bond acceptors (Lipinski definition) is 3. The number of aldehydes is 1. The molecule has 3 aliphatic rings. The Morgan fingerprint density at radius 2 is 1.90 bits per heavy atom. The van der Waals surface area contributed by atoms with Crippen molar-refractivity contribution in [2.24, 2.45) is 0 Å². The second-order valence-corrected chi connectivity index (χ2v) is 3.04. The van der Waals surface area contributed by atoms with E-state index in [1.54, 1.807) is 0 Å². The molecule has 0 aromatic rings. The first-order valence-corrected chi connectivity index (χ1v) is 3.82. The largest absolute Gasteiger partial charge is 0.302 e. The molecule has 0 aromatic carbocycles. The van der Waals surface area contributed by atoms with E-state index in [2.05, 4.69) is 9.80 Å². The molecule has 0 radical (unpaired) electrons. The minimum atomic E-state index is 0.197. The van der Waals surface area contributed by atoms with Gasteiger partial charge >= 0.3 is 0 Å². The summed E-state index contributed by atoms with van der Waals surface area (Å²) in [7, 11) is 0. The smallest absolute Gasteiger partial charge is 0.138 e. The minimum absolute atomic E-state index is 0.197. The molecule has 1 unspecified atom stereocenters. The van der Waals surface area contributed by atoms with Gasteiger partial charge < -0.3 is 4.79 Å². The fourth-order valence-electron chi connectivity index (χ4n) is 1.79. The highest BCUT2D eigenvalue weighted by Gasteiger charge is 2.30. The third-order valence-corrected chi connectivity index (χ3v) is 2.48. The molecule has 3 heteroatoms. The normalized spacial score (nSPS) is 45.4. The molecule has 0 amide bonds. The van der Waals surface area contributed by atoms with E-state index in [1.807, 2.05) is 0 Å². The summed E-state index contributed by atoms with van der Waals surface area (Å²) in [6.07, 6.45) is 1.07. The Morgan fingerprint density at radius 3 is 2.20 bits per heavy atom. The standard InChI is InChI=1S/C7H12N2O/c10-6-7-5-8-1-3-9(7)4-2-8/h6-7H,1-5H2. The van der Waals surface area contributed by atoms with Crippen molar-refractivity contribution in [3.63, 3.8) is 0 Å². The van der Waals surface area contributed by atoms with Gasteiger partial charge in [-0.05, 0) is 0 Å². The molecule has 0 aromatic heterocycles. The molecule has 3 nitrogen and oxygen atoms in total. The van der Waals surface area contributed by atoms with Gasteiger partial charge in [-0.25, -0.2) is 0 Å². The van der Waals surface area contributed by atoms with E-state index in [0.29, 0.717) is 0 Å². The zero-order chi connectivity index (χ0) is 6.97. The predicted molar refractivity (Wildman–Crippen MR) is 37.9 cm³/mol. The van der Waals surface area contributed by atoms with Crippen LogP contribution in [0.3, 0.4) is 0 Å². The molecule has 0 saturated carbocycles. The number of rotatable bonds is 1. The Morgan fingerprint density at radius 1 is 1.20 bits per heavy atom. The second kappa shape index (κ2) is 2.32. The monoisotopic (exact) mass is 140 g/mol. The van der Waals surface area contributed by atoms with Crippen LogP contribution in [0, 0.1) is 0 Å². The van der Waals surface area contributed by atoms with E-state index in [9.17, 15) is 4.79 Å². The maximum absolute atomic E-state index is 10.5. The van der Waals surface area contributed by atoms with Gasteiger partial charge in [0.2, 0.25) is 0 Å². The van der Waals surface area contributed by atoms with Crippen molar-refractivity contribution < 1.29 is 4.79 Å². The second-order valence-electron chi connectivity index (χ2n) is 3.04. The molecule has 3 aliphatic heterocycles. The summed E-state index contributed by atoms with van der Waals surface area (Å²) < 4.78 is 0. The lowest BCUT2D eigenvalue weighted by Crippen LogP contribution is -2.61. The van der Waals surface area contributed by atoms with Gasteiger partial charge in [-0.2, -0.15) is 0 Å². The molecule has 0 spiro atoms. The molecule has 3 rings (SSSR count). The number of nitrogens with zero attached hydrogens (tertiary/aromatic N) is 2. The van der Waals surface area contributed by atoms with Gasteiger partial charge in [-0.15, -0.1) is 0 Å². The summed E-state index contributed by atoms with van der Waals surface area (Å²) >= 11 is 0. The SMILES string of the molecule is O=CC1CN2CCN1CC2. The number of carbonyl (C=O) groups is 1. The summed E-state index contributed by atoms with van der Waals surface area (Å²) in [5.74, 6) is 0. The van der Waals surface area contributed by atoms with Crippen LogP contribution in [-0.2, 0) is 4.79 Å². The van der Waals surface area contributed by atoms with E-state index in [-0.39, 0.29) is 6.04 Å². The van der Waals surface area contributed by atoms with Crippen molar-refractivity contribution in [3.8, 4) is 0 Å². The summed E-state index contributed by atoms with van der Waals surface area (Å²) in [6.45, 7) is 5.45. The quantitative estimate of drug-likeness (QED) is 0.445. The lowest BCUT2D eigenvalue weighted by atomic mass is 10.1. The fraction of sp³-hybridized carbons (Fsp3) is 0.857. The van der Waals surface area contributed by atoms with Crippen molar-refractivity contribution >= 4 is 6.29 Å². The number of fused-ring (bicyclic) bond motifs is 3. The van der Waals surface area contributed by atoms with Crippen molar-refractivity contribution in [2.45, 2.75) is 6.04 Å². The van der Waals surface area contributed by atoms with Crippen LogP contribution in [0.2, 0.25) is 0 Å². The van der Waals surface area contributed by atoms with Crippen molar-refractivity contribution in [1.82, 2.24) is 9.80 Å². The molecule has 3 fully saturated rings. The first kappa shape index (κ1) is 6.31. The molecule has 1 atom stereocenters. The Kier molecular flexibility index (Phi) is 1.47. The Bertz CT molecular complexity index is 141. The first-order valence-electron chi connectivity index (χ1n) is 3.82. The molecular formula is C7H12N2O. The van der Waals surface area contributed by atoms with E-state index in [1.165, 1.54) is 0 Å². The van der Waals surface area contributed by atoms with Crippen LogP contribution in [0.1, 0.15) is 0 Å². The fourth-order valence-corrected chi connectivity index (χ4v) is 1.79. The van der Waals surface area contributed by atoms with E-state index >= 15 is 0 Å². The third kappa shape index (κ3) is 0.859. The number of hydrogen-bond donors (Lipinski definition) is 0. The summed E-state index contributed by atoms with van der Waals surface area (Å²) in [5, 5.41) is 0. The average Bonchev–Trinajstić information content (AvgIpc) is 2.06. The predicted octanol–water partition coefficient (Wildman–Crippen LogP) is -0.815. The van der Waals surface area contributed by atoms with Gasteiger partial charge in [0, 0.05) is 32.7 Å². The van der Waals surface area contributed by atoms with E-state index < -0.39 is 0 Å². The molecular weight excluding hydrogens is 128 g/mol. The molecule has 2 bridgehead atoms. The van der Waals surface area contributed by atoms with Crippen LogP contribution in [0.15, 0.2) is 0 Å². The van der Waals surface area contributed by atoms with Gasteiger partial charge in [-0.1, -0.05) is 0 Å². The molecule has 0 aliphatic carbocycles. The van der Waals surface area contributed by atoms with Crippen LogP contribution in [-0.4, -0.2) is 54.9 Å². The van der Waals surface area contributed by atoms with Crippen LogP contribution >= 0.6 is 0 Å². The Hall–Kier alpha value is -0.410. The molecule has 3 heterocycles. The topological polar surface area (TPSA) is 23.6 Å². The highest BCUT2D eigenvalue weighted by Crippen LogP contribution is 2.13. The van der Waals surface area contributed by atoms with Crippen molar-refractivity contribution in [3.05, 3.63) is 0 Å². The van der Waals surface area contributed by atoms with Gasteiger partial charge in [-0.3, -0.25) is 9.80 Å². The zero-order valence-electron chi connectivity index (χ0n) is 5.99. The number of carbonyl (C=O) groups excluding carboxylic acids is 1. The molecule has 10 heavy (non-hydrogen) atoms. The first-order chi connectivity index (χ1) is 4.90. The van der Waals surface area contributed by atoms with Crippen LogP contribution in [0.4, 0.5) is 0 Å². The minimum Gasteiger partial charge on any atom is -0.302 e. The highest BCUT2D eigenvalue weighted by atomic mass is 16.1. The number of piperazine rings is 3. The third-order valence-electron chi connectivity index (χ3n) is 2.48. The lowest BCUT2D eigenvalue weighted by Gasteiger charge is -2.45. The average molecular weight is 140 g/mol. The lowest BCUT2D eigenvalue weighted by molar-refractivity contribution is -0.117. The maximum atomic E-state index is 10.5. The Balaban J connectivity index is 2.07. The van der Waals surface area contributed by atoms with E-state index in [4.69, 9.17) is 0 Å².